The molecule has 10 nitrogen and oxygen atoms in total. The van der Waals surface area contributed by atoms with Crippen LogP contribution in [0.25, 0.3) is 0 Å². The molecule has 11 heteroatoms. The minimum absolute atomic E-state index is 0.0247. The van der Waals surface area contributed by atoms with E-state index >= 15 is 0 Å². The van der Waals surface area contributed by atoms with Gasteiger partial charge >= 0.3 is 5.97 Å². The lowest BCUT2D eigenvalue weighted by Crippen LogP contribution is -2.56. The van der Waals surface area contributed by atoms with Crippen LogP contribution in [0.4, 0.5) is 0 Å². The summed E-state index contributed by atoms with van der Waals surface area (Å²) in [4.78, 5) is 58.7. The first-order valence-corrected chi connectivity index (χ1v) is 16.0. The topological polar surface area (TPSA) is 125 Å². The summed E-state index contributed by atoms with van der Waals surface area (Å²) in [6.45, 7) is 3.04. The Balaban J connectivity index is 1.56. The second-order valence-corrected chi connectivity index (χ2v) is 12.5. The fraction of sp³-hybridized carbons (Fsp3) is 0.562. The Morgan fingerprint density at radius 1 is 1.05 bits per heavy atom. The van der Waals surface area contributed by atoms with Gasteiger partial charge in [-0.2, -0.15) is 0 Å². The number of carbonyl (C=O) groups excluding carboxylic acids is 4. The van der Waals surface area contributed by atoms with E-state index in [4.69, 9.17) is 9.47 Å². The van der Waals surface area contributed by atoms with Crippen molar-refractivity contribution < 1.29 is 33.8 Å². The van der Waals surface area contributed by atoms with E-state index < -0.39 is 41.5 Å². The highest BCUT2D eigenvalue weighted by molar-refractivity contribution is 9.11. The molecule has 4 aliphatic rings. The first kappa shape index (κ1) is 31.4. The van der Waals surface area contributed by atoms with Gasteiger partial charge in [-0.3, -0.25) is 19.2 Å². The number of nitrogens with zero attached hydrogens (tertiary/aromatic N) is 2. The molecule has 4 heterocycles. The van der Waals surface area contributed by atoms with Crippen molar-refractivity contribution in [3.8, 4) is 0 Å². The average molecular weight is 659 g/mol. The van der Waals surface area contributed by atoms with E-state index in [1.807, 2.05) is 55.5 Å². The van der Waals surface area contributed by atoms with Crippen LogP contribution in [0.2, 0.25) is 0 Å². The van der Waals surface area contributed by atoms with Gasteiger partial charge in [-0.05, 0) is 37.3 Å². The van der Waals surface area contributed by atoms with Gasteiger partial charge in [0.05, 0.1) is 17.9 Å². The Kier molecular flexibility index (Phi) is 10.0. The molecule has 1 spiro atoms. The number of unbranched alkanes of at least 4 members (excludes halogenated alkanes) is 2. The number of aliphatic hydroxyl groups excluding tert-OH is 1. The van der Waals surface area contributed by atoms with Crippen LogP contribution < -0.4 is 5.32 Å². The van der Waals surface area contributed by atoms with Crippen LogP contribution in [0.1, 0.15) is 57.1 Å². The summed E-state index contributed by atoms with van der Waals surface area (Å²) in [6, 6.07) is 7.66. The van der Waals surface area contributed by atoms with Gasteiger partial charge < -0.3 is 29.7 Å². The summed E-state index contributed by atoms with van der Waals surface area (Å²) >= 11 is 3.59. The van der Waals surface area contributed by atoms with Crippen molar-refractivity contribution >= 4 is 39.6 Å². The zero-order chi connectivity index (χ0) is 30.6. The van der Waals surface area contributed by atoms with Gasteiger partial charge in [0.2, 0.25) is 17.7 Å². The number of hydrogen-bond acceptors (Lipinski definition) is 7. The lowest BCUT2D eigenvalue weighted by molar-refractivity contribution is -0.148. The number of ether oxygens (including phenoxy) is 2. The maximum absolute atomic E-state index is 14.4. The molecule has 0 aliphatic carbocycles. The van der Waals surface area contributed by atoms with Gasteiger partial charge in [-0.1, -0.05) is 71.8 Å². The molecule has 43 heavy (non-hydrogen) atoms. The van der Waals surface area contributed by atoms with Crippen molar-refractivity contribution in [2.24, 2.45) is 11.8 Å². The van der Waals surface area contributed by atoms with Crippen LogP contribution in [0.5, 0.6) is 0 Å². The van der Waals surface area contributed by atoms with Crippen LogP contribution >= 0.6 is 15.9 Å². The average Bonchev–Trinajstić information content (AvgIpc) is 3.59. The number of benzene rings is 1. The van der Waals surface area contributed by atoms with Gasteiger partial charge in [0.1, 0.15) is 24.4 Å². The third-order valence-corrected chi connectivity index (χ3v) is 9.48. The fourth-order valence-corrected chi connectivity index (χ4v) is 7.42. The van der Waals surface area contributed by atoms with Crippen LogP contribution in [0.15, 0.2) is 53.0 Å². The number of carbonyl (C=O) groups is 4. The first-order chi connectivity index (χ1) is 20.8. The molecule has 3 amide bonds. The van der Waals surface area contributed by atoms with Crippen molar-refractivity contribution in [2.45, 2.75) is 69.2 Å². The molecule has 0 radical (unpaired) electrons. The summed E-state index contributed by atoms with van der Waals surface area (Å²) in [6.07, 6.45) is 8.10. The summed E-state index contributed by atoms with van der Waals surface area (Å²) in [5.41, 5.74) is -0.548. The highest BCUT2D eigenvalue weighted by Crippen LogP contribution is 2.58. The molecule has 4 aliphatic heterocycles. The smallest absolute Gasteiger partial charge is 0.306 e. The summed E-state index contributed by atoms with van der Waals surface area (Å²) < 4.78 is 12.8. The van der Waals surface area contributed by atoms with Crippen molar-refractivity contribution in [1.29, 1.82) is 0 Å². The van der Waals surface area contributed by atoms with Crippen LogP contribution in [0.3, 0.4) is 0 Å². The van der Waals surface area contributed by atoms with Crippen LogP contribution in [0, 0.1) is 11.8 Å². The molecule has 2 fully saturated rings. The quantitative estimate of drug-likeness (QED) is 0.250. The number of hydrogen-bond donors (Lipinski definition) is 2. The van der Waals surface area contributed by atoms with E-state index in [-0.39, 0.29) is 44.0 Å². The van der Waals surface area contributed by atoms with Gasteiger partial charge in [0.25, 0.3) is 0 Å². The van der Waals surface area contributed by atoms with Gasteiger partial charge in [-0.25, -0.2) is 0 Å². The summed E-state index contributed by atoms with van der Waals surface area (Å²) in [5, 5.41) is 12.5. The Hall–Kier alpha value is -3.02. The van der Waals surface area contributed by atoms with E-state index in [0.717, 1.165) is 18.4 Å². The molecule has 6 atom stereocenters. The van der Waals surface area contributed by atoms with Crippen LogP contribution in [-0.4, -0.2) is 89.2 Å². The third kappa shape index (κ3) is 6.17. The number of fused-ring (bicyclic) bond motifs is 2. The molecular formula is C32H40BrN3O7. The standard InChI is InChI=1S/C32H40BrN3O7/c1-2-3-15-35-16-9-5-8-14-24(38)42-20-23(21-12-6-4-7-13-21)34-29(39)25-26-30(40)36(17-10-11-18-37)28(31(35)41)32(26)19-22(33)27(25)43-32/h4-7,9,12-13,19,23,25-28,37H,2-3,8,10-11,14-18,20H2,1H3,(H,34,39)/b9-5-/t23-,25-,26+,27-,28-,32+/m0/s1. The Labute approximate surface area is 260 Å². The number of esters is 1. The van der Waals surface area contributed by atoms with E-state index in [1.54, 1.807) is 9.80 Å². The number of likely N-dealkylation sites (tertiary alicyclic amines) is 1. The molecule has 0 unspecified atom stereocenters. The fourth-order valence-electron chi connectivity index (χ4n) is 6.69. The summed E-state index contributed by atoms with van der Waals surface area (Å²) in [7, 11) is 0. The van der Waals surface area contributed by atoms with Crippen LogP contribution in [-0.2, 0) is 28.7 Å². The zero-order valence-electron chi connectivity index (χ0n) is 24.5. The predicted molar refractivity (Wildman–Crippen MR) is 162 cm³/mol. The first-order valence-electron chi connectivity index (χ1n) is 15.2. The number of amides is 3. The van der Waals surface area contributed by atoms with E-state index in [2.05, 4.69) is 21.2 Å². The molecule has 2 N–H and O–H groups in total. The van der Waals surface area contributed by atoms with Gasteiger partial charge in [0.15, 0.2) is 0 Å². The lowest BCUT2D eigenvalue weighted by Gasteiger charge is -2.36. The third-order valence-electron chi connectivity index (χ3n) is 8.80. The second-order valence-electron chi connectivity index (χ2n) is 11.6. The van der Waals surface area contributed by atoms with Crippen molar-refractivity contribution in [1.82, 2.24) is 15.1 Å². The largest absolute Gasteiger partial charge is 0.463 e. The predicted octanol–water partition coefficient (Wildman–Crippen LogP) is 3.01. The number of halogens is 1. The highest BCUT2D eigenvalue weighted by Gasteiger charge is 2.74. The molecule has 0 saturated carbocycles. The Bertz CT molecular complexity index is 1270. The van der Waals surface area contributed by atoms with Crippen molar-refractivity contribution in [3.05, 3.63) is 58.6 Å². The number of allylic oxidation sites excluding steroid dienone is 1. The van der Waals surface area contributed by atoms with E-state index in [1.165, 1.54) is 0 Å². The molecule has 2 saturated heterocycles. The maximum Gasteiger partial charge on any atom is 0.306 e. The number of cyclic esters (lactones) is 1. The van der Waals surface area contributed by atoms with E-state index in [9.17, 15) is 24.3 Å². The maximum atomic E-state index is 14.4. The highest BCUT2D eigenvalue weighted by atomic mass is 79.9. The lowest BCUT2D eigenvalue weighted by atomic mass is 9.74. The van der Waals surface area contributed by atoms with Crippen molar-refractivity contribution in [2.75, 3.05) is 32.8 Å². The van der Waals surface area contributed by atoms with E-state index in [0.29, 0.717) is 36.8 Å². The molecule has 232 valence electrons. The minimum atomic E-state index is -1.31. The number of nitrogens with one attached hydrogen (secondary N) is 1. The SMILES string of the molecule is CCCCN1C/C=C\CCC(=O)OC[C@@H](c2ccccc2)NC(=O)[C@@H]2[C@H]3O[C@@]4(C=C3Br)[C@H](C1=O)N(CCCCO)C(=O)[C@@H]24. The molecular weight excluding hydrogens is 618 g/mol. The zero-order valence-corrected chi connectivity index (χ0v) is 26.0. The van der Waals surface area contributed by atoms with Gasteiger partial charge in [-0.15, -0.1) is 0 Å². The Morgan fingerprint density at radius 2 is 1.84 bits per heavy atom. The summed E-state index contributed by atoms with van der Waals surface area (Å²) in [5.74, 6) is -3.13. The molecule has 1 aromatic rings. The number of rotatable bonds is 8. The van der Waals surface area contributed by atoms with Gasteiger partial charge in [0, 0.05) is 37.1 Å². The normalized spacial score (nSPS) is 32.0. The molecule has 1 aromatic carbocycles. The Morgan fingerprint density at radius 3 is 2.58 bits per heavy atom. The molecule has 5 bridgehead atoms. The minimum Gasteiger partial charge on any atom is -0.463 e. The monoisotopic (exact) mass is 657 g/mol. The molecule has 0 aromatic heterocycles. The second kappa shape index (κ2) is 13.7. The molecule has 5 rings (SSSR count). The van der Waals surface area contributed by atoms with Crippen molar-refractivity contribution in [3.63, 3.8) is 0 Å². The number of aliphatic hydroxyl groups is 1.